The van der Waals surface area contributed by atoms with E-state index in [0.29, 0.717) is 12.4 Å². The molecule has 3 aromatic rings. The lowest BCUT2D eigenvalue weighted by Gasteiger charge is -2.19. The van der Waals surface area contributed by atoms with Crippen molar-refractivity contribution >= 4 is 28.8 Å². The van der Waals surface area contributed by atoms with E-state index in [-0.39, 0.29) is 5.92 Å². The number of rotatable bonds is 6. The number of aryl methyl sites for hydroxylation is 3. The first-order valence-corrected chi connectivity index (χ1v) is 10.7. The molecule has 1 aliphatic heterocycles. The highest BCUT2D eigenvalue weighted by Crippen LogP contribution is 2.28. The molecule has 1 N–H and O–H groups in total. The van der Waals surface area contributed by atoms with E-state index in [1.807, 2.05) is 75.3 Å². The van der Waals surface area contributed by atoms with Crippen LogP contribution in [0.4, 0.5) is 11.5 Å². The van der Waals surface area contributed by atoms with Crippen molar-refractivity contribution in [1.29, 1.82) is 0 Å². The van der Waals surface area contributed by atoms with Crippen LogP contribution >= 0.6 is 0 Å². The number of hydrogen-bond donors (Lipinski definition) is 1. The molecule has 0 aliphatic carbocycles. The lowest BCUT2D eigenvalue weighted by molar-refractivity contribution is 0.393. The van der Waals surface area contributed by atoms with Crippen molar-refractivity contribution in [3.63, 3.8) is 0 Å². The molecule has 0 spiro atoms. The second-order valence-corrected chi connectivity index (χ2v) is 7.95. The minimum Gasteiger partial charge on any atom is -0.457 e. The number of aromatic nitrogens is 3. The zero-order valence-electron chi connectivity index (χ0n) is 19.2. The van der Waals surface area contributed by atoms with E-state index in [9.17, 15) is 0 Å². The minimum atomic E-state index is -0.000871. The Morgan fingerprint density at radius 2 is 2.06 bits per heavy atom. The van der Waals surface area contributed by atoms with Crippen molar-refractivity contribution in [2.45, 2.75) is 27.7 Å². The molecule has 1 aromatic carbocycles. The van der Waals surface area contributed by atoms with E-state index in [0.717, 1.165) is 45.1 Å². The van der Waals surface area contributed by atoms with Crippen LogP contribution < -0.4 is 10.1 Å². The van der Waals surface area contributed by atoms with Crippen LogP contribution in [-0.4, -0.2) is 32.7 Å². The minimum absolute atomic E-state index is 0.000871. The number of allylic oxidation sites excluding steroid dienone is 1. The third-order valence-electron chi connectivity index (χ3n) is 5.31. The van der Waals surface area contributed by atoms with Crippen LogP contribution in [0.5, 0.6) is 5.75 Å². The standard InChI is InChI=1S/C26H26N6O/c1-6-17(2)15-29-32-11-9-22(10-12-32)33-24-8-7-21(13-19(24)4)31-26-25-23(27-16-28-26)14-18(3)20(5)30-25/h1,7-11,13-17H,12H2,2-5H3,(H,27,28,31)/b29-15-. The topological polar surface area (TPSA) is 75.5 Å². The predicted molar refractivity (Wildman–Crippen MR) is 132 cm³/mol. The van der Waals surface area contributed by atoms with Gasteiger partial charge in [0.1, 0.15) is 23.4 Å². The Morgan fingerprint density at radius 1 is 1.21 bits per heavy atom. The molecule has 3 heterocycles. The summed E-state index contributed by atoms with van der Waals surface area (Å²) in [6.07, 6.45) is 14.4. The molecular weight excluding hydrogens is 412 g/mol. The van der Waals surface area contributed by atoms with Gasteiger partial charge in [0.2, 0.25) is 0 Å². The fraction of sp³-hybridized carbons (Fsp3) is 0.231. The Hall–Kier alpha value is -4.18. The van der Waals surface area contributed by atoms with E-state index in [1.54, 1.807) is 12.5 Å². The maximum absolute atomic E-state index is 6.08. The fourth-order valence-corrected chi connectivity index (χ4v) is 3.23. The normalized spacial score (nSPS) is 14.3. The molecule has 0 saturated carbocycles. The summed E-state index contributed by atoms with van der Waals surface area (Å²) >= 11 is 0. The third-order valence-corrected chi connectivity index (χ3v) is 5.31. The second kappa shape index (κ2) is 9.53. The highest BCUT2D eigenvalue weighted by Gasteiger charge is 2.11. The van der Waals surface area contributed by atoms with Crippen molar-refractivity contribution in [1.82, 2.24) is 20.0 Å². The second-order valence-electron chi connectivity index (χ2n) is 7.95. The van der Waals surface area contributed by atoms with Crippen molar-refractivity contribution in [2.75, 3.05) is 11.9 Å². The smallest absolute Gasteiger partial charge is 0.160 e. The van der Waals surface area contributed by atoms with Crippen LogP contribution in [0.1, 0.15) is 23.7 Å². The van der Waals surface area contributed by atoms with Gasteiger partial charge in [-0.3, -0.25) is 5.01 Å². The number of ether oxygens (including phenoxy) is 1. The summed E-state index contributed by atoms with van der Waals surface area (Å²) in [6.45, 7) is 8.56. The molecule has 0 bridgehead atoms. The summed E-state index contributed by atoms with van der Waals surface area (Å²) in [5.74, 6) is 4.86. The van der Waals surface area contributed by atoms with Gasteiger partial charge in [-0.25, -0.2) is 15.0 Å². The average Bonchev–Trinajstić information content (AvgIpc) is 2.81. The summed E-state index contributed by atoms with van der Waals surface area (Å²) < 4.78 is 6.08. The van der Waals surface area contributed by atoms with Gasteiger partial charge < -0.3 is 10.1 Å². The van der Waals surface area contributed by atoms with Gasteiger partial charge in [0.25, 0.3) is 0 Å². The zero-order valence-corrected chi connectivity index (χ0v) is 19.2. The molecule has 7 heteroatoms. The lowest BCUT2D eigenvalue weighted by Crippen LogP contribution is -2.15. The number of nitrogens with zero attached hydrogens (tertiary/aromatic N) is 5. The predicted octanol–water partition coefficient (Wildman–Crippen LogP) is 5.04. The van der Waals surface area contributed by atoms with Gasteiger partial charge >= 0.3 is 0 Å². The monoisotopic (exact) mass is 438 g/mol. The van der Waals surface area contributed by atoms with Crippen LogP contribution in [0.25, 0.3) is 11.0 Å². The van der Waals surface area contributed by atoms with E-state index in [4.69, 9.17) is 11.2 Å². The van der Waals surface area contributed by atoms with Crippen LogP contribution in [0.2, 0.25) is 0 Å². The van der Waals surface area contributed by atoms with Crippen LogP contribution in [0.3, 0.4) is 0 Å². The van der Waals surface area contributed by atoms with Crippen LogP contribution in [-0.2, 0) is 0 Å². The number of benzene rings is 1. The van der Waals surface area contributed by atoms with Crippen molar-refractivity contribution < 1.29 is 4.74 Å². The molecule has 4 rings (SSSR count). The molecule has 1 atom stereocenters. The highest BCUT2D eigenvalue weighted by molar-refractivity contribution is 5.87. The van der Waals surface area contributed by atoms with Crippen LogP contribution in [0.15, 0.2) is 59.8 Å². The molecule has 1 aliphatic rings. The molecule has 33 heavy (non-hydrogen) atoms. The van der Waals surface area contributed by atoms with Gasteiger partial charge in [0.15, 0.2) is 5.82 Å². The average molecular weight is 439 g/mol. The quantitative estimate of drug-likeness (QED) is 0.429. The van der Waals surface area contributed by atoms with Crippen molar-refractivity contribution in [2.24, 2.45) is 11.0 Å². The van der Waals surface area contributed by atoms with Gasteiger partial charge in [-0.15, -0.1) is 6.42 Å². The van der Waals surface area contributed by atoms with Gasteiger partial charge in [-0.05, 0) is 75.2 Å². The molecule has 1 unspecified atom stereocenters. The SMILES string of the molecule is C#CC(C)/C=N\N1C=CC(Oc2ccc(Nc3ncnc4cc(C)c(C)nc34)cc2C)=CC1. The number of anilines is 2. The summed E-state index contributed by atoms with van der Waals surface area (Å²) in [5, 5.41) is 9.53. The fourth-order valence-electron chi connectivity index (χ4n) is 3.23. The Labute approximate surface area is 193 Å². The summed E-state index contributed by atoms with van der Waals surface area (Å²) in [6, 6.07) is 7.95. The van der Waals surface area contributed by atoms with E-state index in [1.165, 1.54) is 0 Å². The maximum atomic E-state index is 6.08. The molecular formula is C26H26N6O. The number of fused-ring (bicyclic) bond motifs is 1. The van der Waals surface area contributed by atoms with E-state index < -0.39 is 0 Å². The number of nitrogens with one attached hydrogen (secondary N) is 1. The van der Waals surface area contributed by atoms with Gasteiger partial charge in [-0.1, -0.05) is 5.92 Å². The molecule has 0 amide bonds. The Bertz CT molecular complexity index is 1320. The summed E-state index contributed by atoms with van der Waals surface area (Å²) in [5.41, 5.74) is 5.53. The molecule has 7 nitrogen and oxygen atoms in total. The van der Waals surface area contributed by atoms with Crippen LogP contribution in [0, 0.1) is 39.0 Å². The Morgan fingerprint density at radius 3 is 2.79 bits per heavy atom. The van der Waals surface area contributed by atoms with Crippen molar-refractivity contribution in [3.05, 3.63) is 71.5 Å². The number of terminal acetylenes is 1. The number of hydrogen-bond acceptors (Lipinski definition) is 7. The Balaban J connectivity index is 1.46. The van der Waals surface area contributed by atoms with Crippen molar-refractivity contribution in [3.8, 4) is 18.1 Å². The number of hydrazone groups is 1. The third kappa shape index (κ3) is 5.18. The number of pyridine rings is 1. The Kier molecular flexibility index (Phi) is 6.36. The maximum Gasteiger partial charge on any atom is 0.160 e. The first kappa shape index (κ1) is 22.0. The first-order valence-electron chi connectivity index (χ1n) is 10.7. The summed E-state index contributed by atoms with van der Waals surface area (Å²) in [4.78, 5) is 13.4. The molecule has 0 saturated heterocycles. The van der Waals surface area contributed by atoms with E-state index in [2.05, 4.69) is 31.3 Å². The molecule has 0 fully saturated rings. The van der Waals surface area contributed by atoms with Gasteiger partial charge in [0, 0.05) is 23.8 Å². The first-order chi connectivity index (χ1) is 15.9. The zero-order chi connectivity index (χ0) is 23.4. The summed E-state index contributed by atoms with van der Waals surface area (Å²) in [7, 11) is 0. The molecule has 0 radical (unpaired) electrons. The lowest BCUT2D eigenvalue weighted by atomic mass is 10.2. The highest BCUT2D eigenvalue weighted by atomic mass is 16.5. The van der Waals surface area contributed by atoms with Gasteiger partial charge in [0.05, 0.1) is 18.0 Å². The van der Waals surface area contributed by atoms with Gasteiger partial charge in [-0.2, -0.15) is 5.10 Å². The van der Waals surface area contributed by atoms with E-state index >= 15 is 0 Å². The largest absolute Gasteiger partial charge is 0.457 e. The molecule has 166 valence electrons. The molecule has 2 aromatic heterocycles.